The number of aliphatic hydroxyl groups excluding tert-OH is 1. The highest BCUT2D eigenvalue weighted by atomic mass is 16.5. The first kappa shape index (κ1) is 25.6. The van der Waals surface area contributed by atoms with Crippen LogP contribution < -0.4 is 18.9 Å². The minimum Gasteiger partial charge on any atom is -0.507 e. The number of benzene rings is 2. The first-order chi connectivity index (χ1) is 17.9. The minimum absolute atomic E-state index is 0.0488. The lowest BCUT2D eigenvalue weighted by molar-refractivity contribution is -0.140. The summed E-state index contributed by atoms with van der Waals surface area (Å²) in [6, 6.07) is 12.6. The van der Waals surface area contributed by atoms with E-state index in [-0.39, 0.29) is 17.9 Å². The van der Waals surface area contributed by atoms with Crippen molar-refractivity contribution in [2.75, 3.05) is 27.9 Å². The van der Waals surface area contributed by atoms with E-state index in [1.54, 1.807) is 54.9 Å². The van der Waals surface area contributed by atoms with Gasteiger partial charge in [-0.3, -0.25) is 14.6 Å². The molecule has 1 fully saturated rings. The molecule has 0 spiro atoms. The molecule has 0 bridgehead atoms. The molecular formula is C28H28N2O7. The van der Waals surface area contributed by atoms with Crippen molar-refractivity contribution in [3.63, 3.8) is 0 Å². The fraction of sp³-hybridized carbons (Fsp3) is 0.250. The summed E-state index contributed by atoms with van der Waals surface area (Å²) in [6.45, 7) is 2.46. The number of pyridine rings is 1. The first-order valence-electron chi connectivity index (χ1n) is 11.6. The number of Topliss-reactive ketones (excluding diaryl/α,β-unsaturated/α-hetero) is 1. The molecule has 1 aliphatic rings. The quantitative estimate of drug-likeness (QED) is 0.263. The summed E-state index contributed by atoms with van der Waals surface area (Å²) in [5.74, 6) is -0.144. The number of ether oxygens (including phenoxy) is 4. The van der Waals surface area contributed by atoms with E-state index in [4.69, 9.17) is 18.9 Å². The number of carbonyl (C=O) groups is 2. The zero-order valence-corrected chi connectivity index (χ0v) is 21.1. The smallest absolute Gasteiger partial charge is 0.295 e. The topological polar surface area (TPSA) is 107 Å². The fourth-order valence-electron chi connectivity index (χ4n) is 4.37. The maximum Gasteiger partial charge on any atom is 0.295 e. The van der Waals surface area contributed by atoms with Crippen LogP contribution >= 0.6 is 0 Å². The van der Waals surface area contributed by atoms with Crippen molar-refractivity contribution < 1.29 is 33.6 Å². The number of ketones is 1. The van der Waals surface area contributed by atoms with Crippen molar-refractivity contribution in [2.45, 2.75) is 19.5 Å². The molecule has 2 heterocycles. The highest BCUT2D eigenvalue weighted by molar-refractivity contribution is 6.46. The lowest BCUT2D eigenvalue weighted by atomic mass is 9.94. The molecule has 1 amide bonds. The highest BCUT2D eigenvalue weighted by Crippen LogP contribution is 2.46. The maximum atomic E-state index is 13.4. The number of nitrogens with zero attached hydrogens (tertiary/aromatic N) is 2. The van der Waals surface area contributed by atoms with Crippen molar-refractivity contribution in [1.29, 1.82) is 0 Å². The number of amides is 1. The molecule has 2 aromatic carbocycles. The van der Waals surface area contributed by atoms with Crippen LogP contribution in [0.25, 0.3) is 5.76 Å². The summed E-state index contributed by atoms with van der Waals surface area (Å²) in [7, 11) is 4.45. The molecule has 9 heteroatoms. The summed E-state index contributed by atoms with van der Waals surface area (Å²) in [5.41, 5.74) is 1.56. The number of carbonyl (C=O) groups excluding carboxylic acids is 2. The third kappa shape index (κ3) is 4.93. The predicted octanol–water partition coefficient (Wildman–Crippen LogP) is 4.13. The second-order valence-electron chi connectivity index (χ2n) is 8.20. The Morgan fingerprint density at radius 2 is 1.68 bits per heavy atom. The van der Waals surface area contributed by atoms with Crippen LogP contribution in [0, 0.1) is 0 Å². The molecule has 1 N–H and O–H groups in total. The van der Waals surface area contributed by atoms with Crippen LogP contribution in [0.2, 0.25) is 0 Å². The second-order valence-corrected chi connectivity index (χ2v) is 8.20. The van der Waals surface area contributed by atoms with Gasteiger partial charge in [0, 0.05) is 24.5 Å². The summed E-state index contributed by atoms with van der Waals surface area (Å²) < 4.78 is 21.9. The predicted molar refractivity (Wildman–Crippen MR) is 136 cm³/mol. The first-order valence-corrected chi connectivity index (χ1v) is 11.6. The van der Waals surface area contributed by atoms with E-state index in [0.29, 0.717) is 40.7 Å². The van der Waals surface area contributed by atoms with Crippen LogP contribution in [-0.2, 0) is 16.1 Å². The van der Waals surface area contributed by atoms with Crippen LogP contribution in [0.4, 0.5) is 0 Å². The molecule has 3 aromatic rings. The summed E-state index contributed by atoms with van der Waals surface area (Å²) in [6.07, 6.45) is 3.25. The van der Waals surface area contributed by atoms with Crippen molar-refractivity contribution in [2.24, 2.45) is 0 Å². The number of methoxy groups -OCH3 is 3. The number of aromatic nitrogens is 1. The van der Waals surface area contributed by atoms with Crippen LogP contribution in [0.1, 0.15) is 29.7 Å². The van der Waals surface area contributed by atoms with Crippen LogP contribution in [0.15, 0.2) is 66.5 Å². The van der Waals surface area contributed by atoms with Crippen molar-refractivity contribution >= 4 is 17.4 Å². The van der Waals surface area contributed by atoms with Crippen molar-refractivity contribution in [3.05, 3.63) is 83.2 Å². The number of hydrogen-bond donors (Lipinski definition) is 1. The van der Waals surface area contributed by atoms with Crippen molar-refractivity contribution in [1.82, 2.24) is 9.88 Å². The summed E-state index contributed by atoms with van der Waals surface area (Å²) in [5, 5.41) is 11.3. The van der Waals surface area contributed by atoms with Crippen LogP contribution in [0.5, 0.6) is 23.0 Å². The van der Waals surface area contributed by atoms with E-state index >= 15 is 0 Å². The lowest BCUT2D eigenvalue weighted by Crippen LogP contribution is -2.29. The molecular weight excluding hydrogens is 476 g/mol. The third-order valence-electron chi connectivity index (χ3n) is 6.06. The van der Waals surface area contributed by atoms with Gasteiger partial charge in [-0.1, -0.05) is 6.07 Å². The van der Waals surface area contributed by atoms with Gasteiger partial charge in [0.15, 0.2) is 11.5 Å². The Bertz CT molecular complexity index is 1300. The van der Waals surface area contributed by atoms with E-state index in [0.717, 1.165) is 5.56 Å². The van der Waals surface area contributed by atoms with Gasteiger partial charge in [0.25, 0.3) is 11.7 Å². The number of aliphatic hydroxyl groups is 1. The van der Waals surface area contributed by atoms with Gasteiger partial charge in [-0.2, -0.15) is 0 Å². The fourth-order valence-corrected chi connectivity index (χ4v) is 4.37. The molecule has 1 atom stereocenters. The van der Waals surface area contributed by atoms with E-state index < -0.39 is 17.7 Å². The largest absolute Gasteiger partial charge is 0.507 e. The van der Waals surface area contributed by atoms with Gasteiger partial charge >= 0.3 is 0 Å². The average Bonchev–Trinajstić information content (AvgIpc) is 3.17. The van der Waals surface area contributed by atoms with E-state index in [1.165, 1.54) is 26.2 Å². The zero-order chi connectivity index (χ0) is 26.5. The SMILES string of the molecule is CCOc1ccc(/C(O)=C2\C(=O)C(=O)N(Cc3cccnc3)[C@@H]2c2cc(OC)c(OC)c(OC)c2)cc1. The van der Waals surface area contributed by atoms with Crippen LogP contribution in [0.3, 0.4) is 0 Å². The second kappa shape index (κ2) is 11.0. The summed E-state index contributed by atoms with van der Waals surface area (Å²) >= 11 is 0. The normalized spacial score (nSPS) is 16.5. The van der Waals surface area contributed by atoms with Gasteiger partial charge in [0.05, 0.1) is 39.6 Å². The maximum absolute atomic E-state index is 13.4. The third-order valence-corrected chi connectivity index (χ3v) is 6.06. The molecule has 0 aliphatic carbocycles. The monoisotopic (exact) mass is 504 g/mol. The van der Waals surface area contributed by atoms with Gasteiger partial charge in [-0.25, -0.2) is 0 Å². The Hall–Kier alpha value is -4.53. The molecule has 9 nitrogen and oxygen atoms in total. The molecule has 0 radical (unpaired) electrons. The van der Waals surface area contributed by atoms with E-state index in [2.05, 4.69) is 4.98 Å². The molecule has 0 saturated carbocycles. The Balaban J connectivity index is 1.91. The molecule has 37 heavy (non-hydrogen) atoms. The Kier molecular flexibility index (Phi) is 7.62. The molecule has 1 saturated heterocycles. The molecule has 4 rings (SSSR count). The summed E-state index contributed by atoms with van der Waals surface area (Å²) in [4.78, 5) is 32.2. The van der Waals surface area contributed by atoms with Crippen LogP contribution in [-0.4, -0.2) is 54.6 Å². The standard InChI is InChI=1S/C28H28N2O7/c1-5-37-20-10-8-18(9-11-20)25(31)23-24(19-13-21(34-2)27(36-4)22(14-19)35-3)30(28(33)26(23)32)16-17-7-6-12-29-15-17/h6-15,24,31H,5,16H2,1-4H3/b25-23+/t24-/m1/s1. The average molecular weight is 505 g/mol. The van der Waals surface area contributed by atoms with Gasteiger partial charge in [-0.15, -0.1) is 0 Å². The Morgan fingerprint density at radius 3 is 2.22 bits per heavy atom. The van der Waals surface area contributed by atoms with Crippen molar-refractivity contribution in [3.8, 4) is 23.0 Å². The Morgan fingerprint density at radius 1 is 1.00 bits per heavy atom. The molecule has 1 aromatic heterocycles. The van der Waals surface area contributed by atoms with E-state index in [9.17, 15) is 14.7 Å². The number of rotatable bonds is 9. The highest BCUT2D eigenvalue weighted by Gasteiger charge is 2.46. The Labute approximate surface area is 214 Å². The molecule has 0 unspecified atom stereocenters. The number of likely N-dealkylation sites (tertiary alicyclic amines) is 1. The van der Waals surface area contributed by atoms with E-state index in [1.807, 2.05) is 13.0 Å². The van der Waals surface area contributed by atoms with Gasteiger partial charge < -0.3 is 29.0 Å². The lowest BCUT2D eigenvalue weighted by Gasteiger charge is -2.26. The molecule has 1 aliphatic heterocycles. The van der Waals surface area contributed by atoms with Gasteiger partial charge in [0.1, 0.15) is 11.5 Å². The number of hydrogen-bond acceptors (Lipinski definition) is 8. The zero-order valence-electron chi connectivity index (χ0n) is 21.1. The molecule has 192 valence electrons. The van der Waals surface area contributed by atoms with Gasteiger partial charge in [-0.05, 0) is 60.5 Å². The van der Waals surface area contributed by atoms with Gasteiger partial charge in [0.2, 0.25) is 5.75 Å². The minimum atomic E-state index is -0.930.